The first-order valence-electron chi connectivity index (χ1n) is 10.8. The number of unbranched alkanes of at least 4 members (excludes halogenated alkanes) is 3. The number of hydrogen-bond acceptors (Lipinski definition) is 3. The Morgan fingerprint density at radius 3 is 2.12 bits per heavy atom. The minimum atomic E-state index is -0.288. The SMILES string of the molecule is CCCCCCOc1ccc(C(=O)Nc2cccc(C(=O)Nc3cccc(Cl)c3)c2)cc1. The highest BCUT2D eigenvalue weighted by molar-refractivity contribution is 6.31. The standard InChI is InChI=1S/C26H27ClN2O3/c1-2-3-4-5-16-32-24-14-12-19(13-15-24)25(30)28-22-10-6-8-20(17-22)26(31)29-23-11-7-9-21(27)18-23/h6-15,17-18H,2-5,16H2,1H3,(H,28,30)(H,29,31). The summed E-state index contributed by atoms with van der Waals surface area (Å²) in [5.74, 6) is 0.202. The Morgan fingerprint density at radius 2 is 1.44 bits per heavy atom. The molecule has 0 unspecified atom stereocenters. The van der Waals surface area contributed by atoms with E-state index >= 15 is 0 Å². The second-order valence-electron chi connectivity index (χ2n) is 7.43. The summed E-state index contributed by atoms with van der Waals surface area (Å²) in [6.45, 7) is 2.85. The lowest BCUT2D eigenvalue weighted by Crippen LogP contribution is -2.14. The van der Waals surface area contributed by atoms with Gasteiger partial charge in [0.15, 0.2) is 0 Å². The minimum Gasteiger partial charge on any atom is -0.494 e. The van der Waals surface area contributed by atoms with Crippen molar-refractivity contribution in [2.24, 2.45) is 0 Å². The van der Waals surface area contributed by atoms with Gasteiger partial charge in [0.25, 0.3) is 11.8 Å². The molecule has 0 spiro atoms. The predicted octanol–water partition coefficient (Wildman–Crippen LogP) is 6.80. The van der Waals surface area contributed by atoms with Crippen LogP contribution in [0, 0.1) is 0 Å². The molecule has 2 N–H and O–H groups in total. The van der Waals surface area contributed by atoms with Crippen LogP contribution in [-0.2, 0) is 0 Å². The molecule has 32 heavy (non-hydrogen) atoms. The fraction of sp³-hybridized carbons (Fsp3) is 0.231. The fourth-order valence-electron chi connectivity index (χ4n) is 3.13. The van der Waals surface area contributed by atoms with E-state index in [4.69, 9.17) is 16.3 Å². The van der Waals surface area contributed by atoms with Crippen molar-refractivity contribution in [3.05, 3.63) is 88.9 Å². The van der Waals surface area contributed by atoms with E-state index in [0.29, 0.717) is 34.1 Å². The first-order valence-corrected chi connectivity index (χ1v) is 11.1. The average Bonchev–Trinajstić information content (AvgIpc) is 2.79. The van der Waals surface area contributed by atoms with E-state index in [0.717, 1.165) is 18.6 Å². The molecular weight excluding hydrogens is 424 g/mol. The predicted molar refractivity (Wildman–Crippen MR) is 130 cm³/mol. The lowest BCUT2D eigenvalue weighted by molar-refractivity contribution is 0.101. The zero-order chi connectivity index (χ0) is 22.8. The van der Waals surface area contributed by atoms with E-state index in [1.54, 1.807) is 72.8 Å². The van der Waals surface area contributed by atoms with Crippen LogP contribution in [0.2, 0.25) is 5.02 Å². The summed E-state index contributed by atoms with van der Waals surface area (Å²) >= 11 is 5.96. The van der Waals surface area contributed by atoms with Gasteiger partial charge in [0.05, 0.1) is 6.61 Å². The Kier molecular flexibility index (Phi) is 8.70. The second kappa shape index (κ2) is 11.9. The maximum atomic E-state index is 12.6. The van der Waals surface area contributed by atoms with Crippen molar-refractivity contribution >= 4 is 34.8 Å². The molecule has 0 saturated carbocycles. The van der Waals surface area contributed by atoms with Gasteiger partial charge >= 0.3 is 0 Å². The van der Waals surface area contributed by atoms with Gasteiger partial charge in [0, 0.05) is 27.5 Å². The molecule has 0 fully saturated rings. The van der Waals surface area contributed by atoms with Crippen LogP contribution in [0.15, 0.2) is 72.8 Å². The highest BCUT2D eigenvalue weighted by atomic mass is 35.5. The second-order valence-corrected chi connectivity index (χ2v) is 7.87. The molecule has 0 aliphatic heterocycles. The Hall–Kier alpha value is -3.31. The molecule has 5 nitrogen and oxygen atoms in total. The lowest BCUT2D eigenvalue weighted by atomic mass is 10.1. The third-order valence-electron chi connectivity index (χ3n) is 4.85. The van der Waals surface area contributed by atoms with Crippen LogP contribution in [0.5, 0.6) is 5.75 Å². The van der Waals surface area contributed by atoms with E-state index in [1.165, 1.54) is 12.8 Å². The minimum absolute atomic E-state index is 0.258. The van der Waals surface area contributed by atoms with Crippen molar-refractivity contribution in [3.8, 4) is 5.75 Å². The summed E-state index contributed by atoms with van der Waals surface area (Å²) in [6, 6.07) is 20.7. The van der Waals surface area contributed by atoms with Gasteiger partial charge < -0.3 is 15.4 Å². The van der Waals surface area contributed by atoms with Gasteiger partial charge in [-0.1, -0.05) is 49.9 Å². The molecule has 3 rings (SSSR count). The van der Waals surface area contributed by atoms with Gasteiger partial charge in [-0.15, -0.1) is 0 Å². The van der Waals surface area contributed by atoms with Crippen LogP contribution < -0.4 is 15.4 Å². The van der Waals surface area contributed by atoms with Crippen LogP contribution >= 0.6 is 11.6 Å². The van der Waals surface area contributed by atoms with Crippen LogP contribution in [0.4, 0.5) is 11.4 Å². The molecule has 0 aliphatic carbocycles. The Balaban J connectivity index is 1.56. The topological polar surface area (TPSA) is 67.4 Å². The Labute approximate surface area is 193 Å². The van der Waals surface area contributed by atoms with Gasteiger partial charge in [-0.3, -0.25) is 9.59 Å². The van der Waals surface area contributed by atoms with Crippen molar-refractivity contribution in [1.29, 1.82) is 0 Å². The number of halogens is 1. The molecule has 0 bridgehead atoms. The van der Waals surface area contributed by atoms with Crippen LogP contribution in [0.25, 0.3) is 0 Å². The number of benzene rings is 3. The lowest BCUT2D eigenvalue weighted by Gasteiger charge is -2.10. The van der Waals surface area contributed by atoms with Crippen molar-refractivity contribution < 1.29 is 14.3 Å². The zero-order valence-electron chi connectivity index (χ0n) is 18.1. The highest BCUT2D eigenvalue weighted by Gasteiger charge is 2.10. The normalized spacial score (nSPS) is 10.4. The number of carbonyl (C=O) groups is 2. The van der Waals surface area contributed by atoms with Crippen LogP contribution in [0.3, 0.4) is 0 Å². The summed E-state index contributed by atoms with van der Waals surface area (Å²) in [5.41, 5.74) is 2.07. The zero-order valence-corrected chi connectivity index (χ0v) is 18.8. The molecular formula is C26H27ClN2O3. The van der Waals surface area contributed by atoms with Crippen LogP contribution in [-0.4, -0.2) is 18.4 Å². The maximum absolute atomic E-state index is 12.6. The number of ether oxygens (including phenoxy) is 1. The number of hydrogen-bond donors (Lipinski definition) is 2. The van der Waals surface area contributed by atoms with Crippen molar-refractivity contribution in [2.75, 3.05) is 17.2 Å². The molecule has 0 aromatic heterocycles. The number of rotatable bonds is 10. The third-order valence-corrected chi connectivity index (χ3v) is 5.08. The quantitative estimate of drug-likeness (QED) is 0.333. The summed E-state index contributed by atoms with van der Waals surface area (Å²) in [5, 5.41) is 6.17. The molecule has 3 aromatic carbocycles. The molecule has 0 saturated heterocycles. The van der Waals surface area contributed by atoms with E-state index in [-0.39, 0.29) is 11.8 Å². The first kappa shape index (κ1) is 23.4. The average molecular weight is 451 g/mol. The van der Waals surface area contributed by atoms with Crippen molar-refractivity contribution in [1.82, 2.24) is 0 Å². The molecule has 3 aromatic rings. The van der Waals surface area contributed by atoms with Gasteiger partial charge in [-0.05, 0) is 67.1 Å². The number of amides is 2. The fourth-order valence-corrected chi connectivity index (χ4v) is 3.32. The molecule has 0 atom stereocenters. The van der Waals surface area contributed by atoms with Crippen LogP contribution in [0.1, 0.15) is 53.3 Å². The van der Waals surface area contributed by atoms with E-state index in [1.807, 2.05) is 0 Å². The van der Waals surface area contributed by atoms with E-state index in [2.05, 4.69) is 17.6 Å². The summed E-state index contributed by atoms with van der Waals surface area (Å²) < 4.78 is 5.72. The van der Waals surface area contributed by atoms with E-state index < -0.39 is 0 Å². The summed E-state index contributed by atoms with van der Waals surface area (Å²) in [4.78, 5) is 25.1. The maximum Gasteiger partial charge on any atom is 0.255 e. The Morgan fingerprint density at radius 1 is 0.781 bits per heavy atom. The highest BCUT2D eigenvalue weighted by Crippen LogP contribution is 2.18. The smallest absolute Gasteiger partial charge is 0.255 e. The summed E-state index contributed by atoms with van der Waals surface area (Å²) in [7, 11) is 0. The summed E-state index contributed by atoms with van der Waals surface area (Å²) in [6.07, 6.45) is 4.59. The van der Waals surface area contributed by atoms with Gasteiger partial charge in [0.1, 0.15) is 5.75 Å². The molecule has 0 radical (unpaired) electrons. The van der Waals surface area contributed by atoms with Crippen molar-refractivity contribution in [2.45, 2.75) is 32.6 Å². The molecule has 0 aliphatic rings. The first-order chi connectivity index (χ1) is 15.5. The third kappa shape index (κ3) is 7.13. The van der Waals surface area contributed by atoms with E-state index in [9.17, 15) is 9.59 Å². The van der Waals surface area contributed by atoms with Gasteiger partial charge in [0.2, 0.25) is 0 Å². The van der Waals surface area contributed by atoms with Crippen molar-refractivity contribution in [3.63, 3.8) is 0 Å². The largest absolute Gasteiger partial charge is 0.494 e. The monoisotopic (exact) mass is 450 g/mol. The number of anilines is 2. The Bertz CT molecular complexity index is 1050. The number of nitrogens with one attached hydrogen (secondary N) is 2. The molecule has 2 amide bonds. The number of carbonyl (C=O) groups excluding carboxylic acids is 2. The molecule has 6 heteroatoms. The van der Waals surface area contributed by atoms with Gasteiger partial charge in [-0.25, -0.2) is 0 Å². The molecule has 0 heterocycles. The van der Waals surface area contributed by atoms with Gasteiger partial charge in [-0.2, -0.15) is 0 Å². The molecule has 166 valence electrons.